The Morgan fingerprint density at radius 3 is 2.65 bits per heavy atom. The van der Waals surface area contributed by atoms with Gasteiger partial charge in [0.05, 0.1) is 0 Å². The molecule has 2 N–H and O–H groups in total. The van der Waals surface area contributed by atoms with Crippen LogP contribution in [0.5, 0.6) is 0 Å². The second kappa shape index (κ2) is 5.65. The van der Waals surface area contributed by atoms with Gasteiger partial charge < -0.3 is 10.6 Å². The van der Waals surface area contributed by atoms with Crippen LogP contribution in [0.2, 0.25) is 0 Å². The fourth-order valence-corrected chi connectivity index (χ4v) is 1.28. The first-order valence-electron chi connectivity index (χ1n) is 5.81. The Balaban J connectivity index is 2.67. The van der Waals surface area contributed by atoms with Crippen LogP contribution in [-0.4, -0.2) is 32.8 Å². The van der Waals surface area contributed by atoms with E-state index in [1.54, 1.807) is 4.68 Å². The molecule has 96 valence electrons. The number of aliphatic imine (C=N–C) groups is 1. The van der Waals surface area contributed by atoms with E-state index in [1.165, 1.54) is 6.33 Å². The van der Waals surface area contributed by atoms with Gasteiger partial charge in [-0.3, -0.25) is 4.68 Å². The van der Waals surface area contributed by atoms with E-state index in [-0.39, 0.29) is 5.54 Å². The van der Waals surface area contributed by atoms with Crippen LogP contribution in [0.4, 0.5) is 0 Å². The van der Waals surface area contributed by atoms with Crippen LogP contribution in [0.1, 0.15) is 33.5 Å². The van der Waals surface area contributed by atoms with Crippen molar-refractivity contribution in [2.75, 3.05) is 6.54 Å². The SMILES string of the molecule is CCNC(=NCc1ncnn1C)NC(C)(C)C. The van der Waals surface area contributed by atoms with Crippen LogP contribution in [-0.2, 0) is 13.6 Å². The predicted molar refractivity (Wildman–Crippen MR) is 68.7 cm³/mol. The summed E-state index contributed by atoms with van der Waals surface area (Å²) in [5.74, 6) is 1.64. The third-order valence-corrected chi connectivity index (χ3v) is 2.02. The van der Waals surface area contributed by atoms with Gasteiger partial charge in [-0.2, -0.15) is 5.10 Å². The quantitative estimate of drug-likeness (QED) is 0.600. The highest BCUT2D eigenvalue weighted by molar-refractivity contribution is 5.80. The van der Waals surface area contributed by atoms with Crippen molar-refractivity contribution in [2.45, 2.75) is 39.8 Å². The van der Waals surface area contributed by atoms with Crippen molar-refractivity contribution in [3.8, 4) is 0 Å². The van der Waals surface area contributed by atoms with Gasteiger partial charge in [-0.15, -0.1) is 0 Å². The lowest BCUT2D eigenvalue weighted by atomic mass is 10.1. The molecule has 0 spiro atoms. The largest absolute Gasteiger partial charge is 0.357 e. The van der Waals surface area contributed by atoms with E-state index in [0.717, 1.165) is 18.3 Å². The van der Waals surface area contributed by atoms with Crippen LogP contribution in [0, 0.1) is 0 Å². The molecule has 0 aliphatic rings. The highest BCUT2D eigenvalue weighted by atomic mass is 15.3. The van der Waals surface area contributed by atoms with Crippen molar-refractivity contribution in [3.05, 3.63) is 12.2 Å². The van der Waals surface area contributed by atoms with Crippen LogP contribution in [0.25, 0.3) is 0 Å². The minimum Gasteiger partial charge on any atom is -0.357 e. The van der Waals surface area contributed by atoms with E-state index in [1.807, 2.05) is 14.0 Å². The van der Waals surface area contributed by atoms with E-state index in [9.17, 15) is 0 Å². The predicted octanol–water partition coefficient (Wildman–Crippen LogP) is 0.669. The number of hydrogen-bond acceptors (Lipinski definition) is 3. The maximum Gasteiger partial charge on any atom is 0.192 e. The van der Waals surface area contributed by atoms with Gasteiger partial charge in [-0.25, -0.2) is 9.98 Å². The molecule has 0 aliphatic heterocycles. The molecule has 0 amide bonds. The van der Waals surface area contributed by atoms with Crippen molar-refractivity contribution in [1.82, 2.24) is 25.4 Å². The van der Waals surface area contributed by atoms with Gasteiger partial charge in [0.25, 0.3) is 0 Å². The number of aromatic nitrogens is 3. The Labute approximate surface area is 103 Å². The van der Waals surface area contributed by atoms with Gasteiger partial charge >= 0.3 is 0 Å². The molecule has 0 saturated carbocycles. The summed E-state index contributed by atoms with van der Waals surface area (Å²) < 4.78 is 1.73. The first-order chi connectivity index (χ1) is 7.92. The second-order valence-corrected chi connectivity index (χ2v) is 4.87. The van der Waals surface area contributed by atoms with Gasteiger partial charge in [0.1, 0.15) is 18.7 Å². The average Bonchev–Trinajstić information content (AvgIpc) is 2.59. The molecule has 0 radical (unpaired) electrons. The third-order valence-electron chi connectivity index (χ3n) is 2.02. The number of hydrogen-bond donors (Lipinski definition) is 2. The van der Waals surface area contributed by atoms with Crippen LogP contribution in [0.15, 0.2) is 11.3 Å². The lowest BCUT2D eigenvalue weighted by Gasteiger charge is -2.23. The number of guanidine groups is 1. The lowest BCUT2D eigenvalue weighted by molar-refractivity contribution is 0.501. The second-order valence-electron chi connectivity index (χ2n) is 4.87. The molecule has 17 heavy (non-hydrogen) atoms. The summed E-state index contributed by atoms with van der Waals surface area (Å²) in [6.07, 6.45) is 1.54. The summed E-state index contributed by atoms with van der Waals surface area (Å²) >= 11 is 0. The monoisotopic (exact) mass is 238 g/mol. The van der Waals surface area contributed by atoms with Crippen molar-refractivity contribution in [1.29, 1.82) is 0 Å². The fourth-order valence-electron chi connectivity index (χ4n) is 1.28. The molecule has 0 aliphatic carbocycles. The lowest BCUT2D eigenvalue weighted by Crippen LogP contribution is -2.47. The van der Waals surface area contributed by atoms with Crippen LogP contribution in [0.3, 0.4) is 0 Å². The summed E-state index contributed by atoms with van der Waals surface area (Å²) in [7, 11) is 1.86. The smallest absolute Gasteiger partial charge is 0.192 e. The summed E-state index contributed by atoms with van der Waals surface area (Å²) in [5.41, 5.74) is -0.0130. The van der Waals surface area contributed by atoms with Gasteiger partial charge in [-0.1, -0.05) is 0 Å². The zero-order valence-electron chi connectivity index (χ0n) is 11.3. The number of nitrogens with one attached hydrogen (secondary N) is 2. The van der Waals surface area contributed by atoms with Gasteiger partial charge in [0.2, 0.25) is 0 Å². The standard InChI is InChI=1S/C11H22N6/c1-6-12-10(16-11(2,3)4)13-7-9-14-8-15-17(9)5/h8H,6-7H2,1-5H3,(H2,12,13,16). The molecule has 0 saturated heterocycles. The van der Waals surface area contributed by atoms with E-state index < -0.39 is 0 Å². The van der Waals surface area contributed by atoms with Crippen molar-refractivity contribution in [3.63, 3.8) is 0 Å². The first-order valence-corrected chi connectivity index (χ1v) is 5.81. The maximum atomic E-state index is 4.47. The van der Waals surface area contributed by atoms with E-state index in [0.29, 0.717) is 6.54 Å². The van der Waals surface area contributed by atoms with Gasteiger partial charge in [0, 0.05) is 19.1 Å². The van der Waals surface area contributed by atoms with E-state index in [4.69, 9.17) is 0 Å². The minimum absolute atomic E-state index is 0.0130. The molecule has 1 aromatic rings. The molecular formula is C11H22N6. The number of rotatable bonds is 3. The fraction of sp³-hybridized carbons (Fsp3) is 0.727. The van der Waals surface area contributed by atoms with Crippen molar-refractivity contribution < 1.29 is 0 Å². The Kier molecular flexibility index (Phi) is 4.48. The van der Waals surface area contributed by atoms with E-state index in [2.05, 4.69) is 46.5 Å². The maximum absolute atomic E-state index is 4.47. The van der Waals surface area contributed by atoms with Gasteiger partial charge in [0.15, 0.2) is 5.96 Å². The number of nitrogens with zero attached hydrogens (tertiary/aromatic N) is 4. The Morgan fingerprint density at radius 1 is 1.47 bits per heavy atom. The molecule has 6 heteroatoms. The highest BCUT2D eigenvalue weighted by Crippen LogP contribution is 1.99. The molecule has 1 rings (SSSR count). The highest BCUT2D eigenvalue weighted by Gasteiger charge is 2.11. The molecule has 0 fully saturated rings. The molecule has 6 nitrogen and oxygen atoms in total. The van der Waals surface area contributed by atoms with Crippen LogP contribution >= 0.6 is 0 Å². The molecule has 0 bridgehead atoms. The third kappa shape index (κ3) is 4.84. The first kappa shape index (κ1) is 13.5. The van der Waals surface area contributed by atoms with Crippen molar-refractivity contribution in [2.24, 2.45) is 12.0 Å². The topological polar surface area (TPSA) is 67.1 Å². The van der Waals surface area contributed by atoms with Crippen LogP contribution < -0.4 is 10.6 Å². The molecule has 1 heterocycles. The average molecular weight is 238 g/mol. The molecule has 0 aromatic carbocycles. The summed E-state index contributed by atoms with van der Waals surface area (Å²) in [6.45, 7) is 9.69. The van der Waals surface area contributed by atoms with E-state index >= 15 is 0 Å². The van der Waals surface area contributed by atoms with Crippen molar-refractivity contribution >= 4 is 5.96 Å². The normalized spacial score (nSPS) is 12.6. The molecular weight excluding hydrogens is 216 g/mol. The summed E-state index contributed by atoms with van der Waals surface area (Å²) in [5, 5.41) is 10.5. The Bertz CT molecular complexity index is 374. The number of aryl methyl sites for hydroxylation is 1. The van der Waals surface area contributed by atoms with Gasteiger partial charge in [-0.05, 0) is 27.7 Å². The Hall–Kier alpha value is -1.59. The Morgan fingerprint density at radius 2 is 2.18 bits per heavy atom. The minimum atomic E-state index is -0.0130. The zero-order valence-corrected chi connectivity index (χ0v) is 11.3. The molecule has 0 atom stereocenters. The molecule has 1 aromatic heterocycles. The zero-order chi connectivity index (χ0) is 12.9. The summed E-state index contributed by atoms with van der Waals surface area (Å²) in [4.78, 5) is 8.61. The molecule has 0 unspecified atom stereocenters. The summed E-state index contributed by atoms with van der Waals surface area (Å²) in [6, 6.07) is 0.